The molecule has 2 aromatic heterocycles. The molecule has 0 bridgehead atoms. The molecule has 0 spiro atoms. The van der Waals surface area contributed by atoms with Crippen LogP contribution in [-0.2, 0) is 11.2 Å². The summed E-state index contributed by atoms with van der Waals surface area (Å²) in [5.74, 6) is 0.869. The van der Waals surface area contributed by atoms with E-state index in [-0.39, 0.29) is 5.91 Å². The summed E-state index contributed by atoms with van der Waals surface area (Å²) in [6.45, 7) is 0. The average molecular weight is 293 g/mol. The van der Waals surface area contributed by atoms with Gasteiger partial charge in [0.25, 0.3) is 0 Å². The highest BCUT2D eigenvalue weighted by Gasteiger charge is 2.24. The van der Waals surface area contributed by atoms with Crippen molar-refractivity contribution in [2.75, 3.05) is 19.1 Å². The van der Waals surface area contributed by atoms with Gasteiger partial charge in [-0.25, -0.2) is 4.98 Å². The van der Waals surface area contributed by atoms with E-state index in [1.165, 1.54) is 0 Å². The molecule has 1 aliphatic rings. The number of likely N-dealkylation sites (N-methyl/N-ethyl adjacent to an activating group) is 1. The van der Waals surface area contributed by atoms with Gasteiger partial charge in [0.05, 0.1) is 19.2 Å². The molecule has 1 amide bonds. The monoisotopic (exact) mass is 293 g/mol. The summed E-state index contributed by atoms with van der Waals surface area (Å²) in [6, 6.07) is 9.85. The van der Waals surface area contributed by atoms with E-state index in [1.54, 1.807) is 12.0 Å². The third kappa shape index (κ3) is 1.79. The second-order valence-corrected chi connectivity index (χ2v) is 5.41. The van der Waals surface area contributed by atoms with Gasteiger partial charge in [0, 0.05) is 30.7 Å². The Bertz CT molecular complexity index is 898. The first kappa shape index (κ1) is 12.9. The maximum atomic E-state index is 11.8. The van der Waals surface area contributed by atoms with Crippen molar-refractivity contribution in [2.45, 2.75) is 6.42 Å². The fourth-order valence-electron chi connectivity index (χ4n) is 2.92. The fourth-order valence-corrected chi connectivity index (χ4v) is 2.92. The lowest BCUT2D eigenvalue weighted by molar-refractivity contribution is -0.117. The number of rotatable bonds is 2. The number of benzene rings is 1. The number of fused-ring (bicyclic) bond motifs is 2. The molecule has 4 rings (SSSR count). The van der Waals surface area contributed by atoms with Crippen LogP contribution < -0.4 is 9.64 Å². The lowest BCUT2D eigenvalue weighted by atomic mass is 10.1. The summed E-state index contributed by atoms with van der Waals surface area (Å²) < 4.78 is 7.29. The number of anilines is 1. The first-order valence-corrected chi connectivity index (χ1v) is 7.09. The van der Waals surface area contributed by atoms with Crippen molar-refractivity contribution >= 4 is 17.2 Å². The van der Waals surface area contributed by atoms with Crippen molar-refractivity contribution in [3.05, 3.63) is 48.3 Å². The Morgan fingerprint density at radius 2 is 2.14 bits per heavy atom. The Morgan fingerprint density at radius 1 is 1.27 bits per heavy atom. The Labute approximate surface area is 127 Å². The average Bonchev–Trinajstić information content (AvgIpc) is 3.08. The second kappa shape index (κ2) is 4.59. The Morgan fingerprint density at radius 3 is 2.95 bits per heavy atom. The zero-order valence-corrected chi connectivity index (χ0v) is 12.4. The van der Waals surface area contributed by atoms with E-state index >= 15 is 0 Å². The molecule has 0 atom stereocenters. The predicted molar refractivity (Wildman–Crippen MR) is 84.3 cm³/mol. The van der Waals surface area contributed by atoms with Crippen molar-refractivity contribution in [2.24, 2.45) is 0 Å². The second-order valence-electron chi connectivity index (χ2n) is 5.41. The Hall–Kier alpha value is -2.82. The Kier molecular flexibility index (Phi) is 2.69. The summed E-state index contributed by atoms with van der Waals surface area (Å²) in [4.78, 5) is 18.1. The van der Waals surface area contributed by atoms with Gasteiger partial charge in [-0.05, 0) is 29.8 Å². The normalized spacial score (nSPS) is 13.7. The molecule has 1 aromatic carbocycles. The number of aromatic nitrogens is 2. The van der Waals surface area contributed by atoms with Crippen LogP contribution in [0.1, 0.15) is 5.56 Å². The van der Waals surface area contributed by atoms with Crippen molar-refractivity contribution in [3.63, 3.8) is 0 Å². The summed E-state index contributed by atoms with van der Waals surface area (Å²) >= 11 is 0. The minimum atomic E-state index is 0.129. The van der Waals surface area contributed by atoms with Gasteiger partial charge in [-0.3, -0.25) is 4.79 Å². The van der Waals surface area contributed by atoms with E-state index in [2.05, 4.69) is 4.98 Å². The molecule has 3 heterocycles. The highest BCUT2D eigenvalue weighted by atomic mass is 16.5. The predicted octanol–water partition coefficient (Wildman–Crippen LogP) is 2.53. The molecule has 0 saturated heterocycles. The van der Waals surface area contributed by atoms with Gasteiger partial charge in [0.2, 0.25) is 5.91 Å². The largest absolute Gasteiger partial charge is 0.493 e. The van der Waals surface area contributed by atoms with E-state index in [0.29, 0.717) is 6.42 Å². The highest BCUT2D eigenvalue weighted by molar-refractivity contribution is 6.01. The van der Waals surface area contributed by atoms with Crippen molar-refractivity contribution < 1.29 is 9.53 Å². The van der Waals surface area contributed by atoms with Crippen molar-refractivity contribution in [3.8, 4) is 17.0 Å². The van der Waals surface area contributed by atoms with Crippen molar-refractivity contribution in [1.82, 2.24) is 9.38 Å². The van der Waals surface area contributed by atoms with Gasteiger partial charge in [-0.15, -0.1) is 0 Å². The lowest BCUT2D eigenvalue weighted by Crippen LogP contribution is -2.20. The molecule has 5 heteroatoms. The lowest BCUT2D eigenvalue weighted by Gasteiger charge is -2.09. The first-order chi connectivity index (χ1) is 10.7. The number of pyridine rings is 1. The number of ether oxygens (including phenoxy) is 1. The molecule has 0 saturated carbocycles. The molecule has 0 radical (unpaired) electrons. The minimum Gasteiger partial charge on any atom is -0.493 e. The molecule has 0 unspecified atom stereocenters. The summed E-state index contributed by atoms with van der Waals surface area (Å²) in [6.07, 6.45) is 4.37. The maximum Gasteiger partial charge on any atom is 0.231 e. The van der Waals surface area contributed by atoms with Crippen LogP contribution in [-0.4, -0.2) is 29.4 Å². The van der Waals surface area contributed by atoms with Gasteiger partial charge >= 0.3 is 0 Å². The maximum absolute atomic E-state index is 11.8. The zero-order valence-electron chi connectivity index (χ0n) is 12.4. The zero-order chi connectivity index (χ0) is 15.3. The van der Waals surface area contributed by atoms with Crippen LogP contribution in [0.15, 0.2) is 42.7 Å². The van der Waals surface area contributed by atoms with Crippen LogP contribution in [0.3, 0.4) is 0 Å². The number of amides is 1. The number of methoxy groups -OCH3 is 1. The smallest absolute Gasteiger partial charge is 0.231 e. The van der Waals surface area contributed by atoms with Crippen LogP contribution in [0, 0.1) is 0 Å². The van der Waals surface area contributed by atoms with E-state index in [9.17, 15) is 4.79 Å². The standard InChI is InChI=1S/C17H15N3O2/c1-19-14-6-5-11(8-12(14)9-16(19)21)13-10-20-7-3-4-15(22-2)17(20)18-13/h3-8,10H,9H2,1-2H3. The van der Waals surface area contributed by atoms with Gasteiger partial charge in [0.15, 0.2) is 11.4 Å². The molecule has 110 valence electrons. The SMILES string of the molecule is COc1cccn2cc(-c3ccc4c(c3)CC(=O)N4C)nc12. The molecule has 3 aromatic rings. The molecule has 1 aliphatic heterocycles. The number of hydrogen-bond donors (Lipinski definition) is 0. The van der Waals surface area contributed by atoms with Crippen molar-refractivity contribution in [1.29, 1.82) is 0 Å². The quantitative estimate of drug-likeness (QED) is 0.729. The molecular weight excluding hydrogens is 278 g/mol. The molecule has 22 heavy (non-hydrogen) atoms. The highest BCUT2D eigenvalue weighted by Crippen LogP contribution is 2.32. The van der Waals surface area contributed by atoms with E-state index in [1.807, 2.05) is 54.2 Å². The molecule has 0 fully saturated rings. The van der Waals surface area contributed by atoms with Gasteiger partial charge < -0.3 is 14.0 Å². The van der Waals surface area contributed by atoms with E-state index < -0.39 is 0 Å². The third-order valence-corrected chi connectivity index (χ3v) is 4.12. The molecule has 5 nitrogen and oxygen atoms in total. The molecule has 0 aliphatic carbocycles. The van der Waals surface area contributed by atoms with Crippen LogP contribution in [0.25, 0.3) is 16.9 Å². The van der Waals surface area contributed by atoms with Gasteiger partial charge in [-0.2, -0.15) is 0 Å². The number of nitrogens with zero attached hydrogens (tertiary/aromatic N) is 3. The summed E-state index contributed by atoms with van der Waals surface area (Å²) in [5, 5.41) is 0. The third-order valence-electron chi connectivity index (χ3n) is 4.12. The number of carbonyl (C=O) groups excluding carboxylic acids is 1. The Balaban J connectivity index is 1.83. The van der Waals surface area contributed by atoms with Crippen LogP contribution >= 0.6 is 0 Å². The van der Waals surface area contributed by atoms with E-state index in [0.717, 1.165) is 33.9 Å². The van der Waals surface area contributed by atoms with Crippen LogP contribution in [0.5, 0.6) is 5.75 Å². The molecular formula is C17H15N3O2. The minimum absolute atomic E-state index is 0.129. The number of carbonyl (C=O) groups is 1. The van der Waals surface area contributed by atoms with Crippen LogP contribution in [0.4, 0.5) is 5.69 Å². The number of imidazole rings is 1. The molecule has 0 N–H and O–H groups in total. The summed E-state index contributed by atoms with van der Waals surface area (Å²) in [7, 11) is 3.45. The number of hydrogen-bond acceptors (Lipinski definition) is 3. The summed E-state index contributed by atoms with van der Waals surface area (Å²) in [5.41, 5.74) is 4.69. The van der Waals surface area contributed by atoms with Gasteiger partial charge in [0.1, 0.15) is 0 Å². The topological polar surface area (TPSA) is 46.8 Å². The van der Waals surface area contributed by atoms with Crippen LogP contribution in [0.2, 0.25) is 0 Å². The van der Waals surface area contributed by atoms with E-state index in [4.69, 9.17) is 4.74 Å². The van der Waals surface area contributed by atoms with Gasteiger partial charge in [-0.1, -0.05) is 6.07 Å². The fraction of sp³-hybridized carbons (Fsp3) is 0.176. The first-order valence-electron chi connectivity index (χ1n) is 7.09.